The normalized spacial score (nSPS) is 12.3. The van der Waals surface area contributed by atoms with E-state index in [0.717, 1.165) is 29.0 Å². The van der Waals surface area contributed by atoms with Crippen molar-refractivity contribution in [3.63, 3.8) is 0 Å². The summed E-state index contributed by atoms with van der Waals surface area (Å²) < 4.78 is 54.5. The Kier molecular flexibility index (Phi) is 5.55. The molecule has 0 N–H and O–H groups in total. The van der Waals surface area contributed by atoms with Crippen LogP contribution in [0.1, 0.15) is 11.1 Å². The second kappa shape index (κ2) is 8.28. The lowest BCUT2D eigenvalue weighted by Gasteiger charge is -2.10. The summed E-state index contributed by atoms with van der Waals surface area (Å²) in [6, 6.07) is 20.7. The maximum absolute atomic E-state index is 13.4. The van der Waals surface area contributed by atoms with E-state index in [9.17, 15) is 17.6 Å². The molecule has 0 fully saturated rings. The molecule has 2 nitrogen and oxygen atoms in total. The second-order valence-corrected chi connectivity index (χ2v) is 7.48. The van der Waals surface area contributed by atoms with E-state index in [1.807, 2.05) is 40.3 Å². The van der Waals surface area contributed by atoms with Crippen LogP contribution < -0.4 is 4.80 Å². The first kappa shape index (κ1) is 20.1. The number of halogens is 4. The van der Waals surface area contributed by atoms with Gasteiger partial charge in [-0.3, -0.25) is 0 Å². The zero-order chi connectivity index (χ0) is 21.1. The van der Waals surface area contributed by atoms with Crippen LogP contribution in [0.15, 0.2) is 89.2 Å². The highest BCUT2D eigenvalue weighted by Crippen LogP contribution is 2.31. The van der Waals surface area contributed by atoms with E-state index in [0.29, 0.717) is 11.3 Å². The Bertz CT molecular complexity index is 1210. The standard InChI is InChI=1S/C23H16F4N2S/c24-19-11-9-17(10-12-19)21-15-30-22(29(21)14-16-5-2-1-3-6-16)28-20-8-4-7-18(13-20)23(25,26)27/h1-13,15H,14H2. The van der Waals surface area contributed by atoms with Crippen molar-refractivity contribution in [3.8, 4) is 11.3 Å². The summed E-state index contributed by atoms with van der Waals surface area (Å²) >= 11 is 1.32. The molecule has 1 aromatic heterocycles. The number of aromatic nitrogens is 1. The molecule has 4 rings (SSSR count). The lowest BCUT2D eigenvalue weighted by molar-refractivity contribution is -0.137. The molecule has 0 amide bonds. The van der Waals surface area contributed by atoms with Gasteiger partial charge < -0.3 is 4.57 Å². The largest absolute Gasteiger partial charge is 0.416 e. The molecule has 0 aliphatic heterocycles. The van der Waals surface area contributed by atoms with E-state index in [1.54, 1.807) is 18.2 Å². The number of thiazole rings is 1. The maximum atomic E-state index is 13.4. The summed E-state index contributed by atoms with van der Waals surface area (Å²) in [6.45, 7) is 0.481. The summed E-state index contributed by atoms with van der Waals surface area (Å²) in [4.78, 5) is 5.04. The Morgan fingerprint density at radius 2 is 1.60 bits per heavy atom. The van der Waals surface area contributed by atoms with Gasteiger partial charge in [0.1, 0.15) is 5.82 Å². The maximum Gasteiger partial charge on any atom is 0.416 e. The summed E-state index contributed by atoms with van der Waals surface area (Å²) in [7, 11) is 0. The molecule has 0 saturated heterocycles. The molecule has 3 aromatic carbocycles. The molecule has 0 aliphatic rings. The van der Waals surface area contributed by atoms with Gasteiger partial charge in [0, 0.05) is 5.38 Å². The number of benzene rings is 3. The average Bonchev–Trinajstić information content (AvgIpc) is 3.11. The Morgan fingerprint density at radius 1 is 0.867 bits per heavy atom. The lowest BCUT2D eigenvalue weighted by Crippen LogP contribution is -2.16. The third-order valence-corrected chi connectivity index (χ3v) is 5.38. The minimum Gasteiger partial charge on any atom is -0.312 e. The number of hydrogen-bond acceptors (Lipinski definition) is 2. The molecule has 0 unspecified atom stereocenters. The second-order valence-electron chi connectivity index (χ2n) is 6.64. The zero-order valence-electron chi connectivity index (χ0n) is 15.6. The molecule has 1 heterocycles. The van der Waals surface area contributed by atoms with E-state index in [2.05, 4.69) is 4.99 Å². The van der Waals surface area contributed by atoms with Crippen LogP contribution in [0.4, 0.5) is 23.2 Å². The first-order chi connectivity index (χ1) is 14.4. The third-order valence-electron chi connectivity index (χ3n) is 4.52. The van der Waals surface area contributed by atoms with Gasteiger partial charge in [-0.05, 0) is 53.6 Å². The quantitative estimate of drug-likeness (QED) is 0.324. The molecule has 0 atom stereocenters. The highest BCUT2D eigenvalue weighted by atomic mass is 32.1. The SMILES string of the molecule is Fc1ccc(-c2csc(=Nc3cccc(C(F)(F)F)c3)n2Cc2ccccc2)cc1. The van der Waals surface area contributed by atoms with Crippen molar-refractivity contribution < 1.29 is 17.6 Å². The van der Waals surface area contributed by atoms with Crippen molar-refractivity contribution in [2.75, 3.05) is 0 Å². The van der Waals surface area contributed by atoms with E-state index < -0.39 is 11.7 Å². The van der Waals surface area contributed by atoms with Crippen molar-refractivity contribution in [1.29, 1.82) is 0 Å². The molecule has 0 bridgehead atoms. The van der Waals surface area contributed by atoms with Gasteiger partial charge in [-0.25, -0.2) is 9.38 Å². The van der Waals surface area contributed by atoms with Gasteiger partial charge in [0.05, 0.1) is 23.5 Å². The summed E-state index contributed by atoms with van der Waals surface area (Å²) in [6.07, 6.45) is -4.43. The predicted octanol–water partition coefficient (Wildman–Crippen LogP) is 6.66. The van der Waals surface area contributed by atoms with E-state index in [-0.39, 0.29) is 11.5 Å². The Hall–Kier alpha value is -3.19. The van der Waals surface area contributed by atoms with Crippen LogP contribution >= 0.6 is 11.3 Å². The molecule has 0 radical (unpaired) electrons. The van der Waals surface area contributed by atoms with Crippen LogP contribution in [0.3, 0.4) is 0 Å². The molecule has 0 aliphatic carbocycles. The number of hydrogen-bond donors (Lipinski definition) is 0. The molecule has 152 valence electrons. The van der Waals surface area contributed by atoms with Gasteiger partial charge in [-0.15, -0.1) is 11.3 Å². The van der Waals surface area contributed by atoms with Crippen LogP contribution in [0, 0.1) is 5.82 Å². The smallest absolute Gasteiger partial charge is 0.312 e. The number of alkyl halides is 3. The highest BCUT2D eigenvalue weighted by Gasteiger charge is 2.30. The van der Waals surface area contributed by atoms with Gasteiger partial charge in [-0.1, -0.05) is 36.4 Å². The van der Waals surface area contributed by atoms with Crippen LogP contribution in [0.2, 0.25) is 0 Å². The first-order valence-corrected chi connectivity index (χ1v) is 9.98. The van der Waals surface area contributed by atoms with Crippen molar-refractivity contribution in [1.82, 2.24) is 4.57 Å². The van der Waals surface area contributed by atoms with Crippen LogP contribution in [0.5, 0.6) is 0 Å². The molecule has 0 saturated carbocycles. The van der Waals surface area contributed by atoms with Gasteiger partial charge in [-0.2, -0.15) is 13.2 Å². The Morgan fingerprint density at radius 3 is 2.30 bits per heavy atom. The molecule has 0 spiro atoms. The van der Waals surface area contributed by atoms with Crippen molar-refractivity contribution >= 4 is 17.0 Å². The fourth-order valence-electron chi connectivity index (χ4n) is 3.05. The zero-order valence-corrected chi connectivity index (χ0v) is 16.4. The summed E-state index contributed by atoms with van der Waals surface area (Å²) in [5.74, 6) is -0.336. The van der Waals surface area contributed by atoms with Crippen LogP contribution in [-0.4, -0.2) is 4.57 Å². The first-order valence-electron chi connectivity index (χ1n) is 9.10. The van der Waals surface area contributed by atoms with E-state index >= 15 is 0 Å². The Balaban J connectivity index is 1.83. The molecular formula is C23H16F4N2S. The van der Waals surface area contributed by atoms with Crippen molar-refractivity contribution in [2.24, 2.45) is 4.99 Å². The van der Waals surface area contributed by atoms with Gasteiger partial charge in [0.25, 0.3) is 0 Å². The number of rotatable bonds is 4. The van der Waals surface area contributed by atoms with E-state index in [1.165, 1.54) is 29.5 Å². The lowest BCUT2D eigenvalue weighted by atomic mass is 10.1. The summed E-state index contributed by atoms with van der Waals surface area (Å²) in [5.41, 5.74) is 2.11. The van der Waals surface area contributed by atoms with Crippen LogP contribution in [-0.2, 0) is 12.7 Å². The van der Waals surface area contributed by atoms with Crippen molar-refractivity contribution in [2.45, 2.75) is 12.7 Å². The van der Waals surface area contributed by atoms with Crippen molar-refractivity contribution in [3.05, 3.63) is 106 Å². The van der Waals surface area contributed by atoms with Crippen LogP contribution in [0.25, 0.3) is 11.3 Å². The minimum atomic E-state index is -4.43. The minimum absolute atomic E-state index is 0.221. The fourth-order valence-corrected chi connectivity index (χ4v) is 3.98. The fraction of sp³-hybridized carbons (Fsp3) is 0.0870. The molecular weight excluding hydrogens is 412 g/mol. The third kappa shape index (κ3) is 4.52. The predicted molar refractivity (Wildman–Crippen MR) is 110 cm³/mol. The average molecular weight is 428 g/mol. The molecule has 4 aromatic rings. The number of nitrogens with zero attached hydrogens (tertiary/aromatic N) is 2. The topological polar surface area (TPSA) is 17.3 Å². The Labute approximate surface area is 174 Å². The highest BCUT2D eigenvalue weighted by molar-refractivity contribution is 7.07. The van der Waals surface area contributed by atoms with Gasteiger partial charge in [0.15, 0.2) is 4.80 Å². The van der Waals surface area contributed by atoms with Gasteiger partial charge in [0.2, 0.25) is 0 Å². The monoisotopic (exact) mass is 428 g/mol. The molecule has 30 heavy (non-hydrogen) atoms. The van der Waals surface area contributed by atoms with Gasteiger partial charge >= 0.3 is 6.18 Å². The van der Waals surface area contributed by atoms with E-state index in [4.69, 9.17) is 0 Å². The molecule has 7 heteroatoms. The summed E-state index contributed by atoms with van der Waals surface area (Å²) in [5, 5.41) is 1.88.